The molecule has 0 atom stereocenters. The van der Waals surface area contributed by atoms with Crippen molar-refractivity contribution in [1.82, 2.24) is 20.6 Å². The van der Waals surface area contributed by atoms with Crippen LogP contribution in [-0.4, -0.2) is 27.3 Å². The molecule has 1 aromatic heterocycles. The third-order valence-corrected chi connectivity index (χ3v) is 5.71. The van der Waals surface area contributed by atoms with Gasteiger partial charge in [0.05, 0.1) is 11.1 Å². The lowest BCUT2D eigenvalue weighted by atomic mass is 10.1. The number of hydrogen-bond donors (Lipinski definition) is 2. The maximum Gasteiger partial charge on any atom is 0.416 e. The molecule has 0 spiro atoms. The van der Waals surface area contributed by atoms with Gasteiger partial charge in [0.2, 0.25) is 5.91 Å². The van der Waals surface area contributed by atoms with Gasteiger partial charge in [-0.2, -0.15) is 13.2 Å². The van der Waals surface area contributed by atoms with Gasteiger partial charge in [-0.25, -0.2) is 18.7 Å². The highest BCUT2D eigenvalue weighted by molar-refractivity contribution is 6.00. The van der Waals surface area contributed by atoms with Gasteiger partial charge in [-0.1, -0.05) is 12.1 Å². The number of aromatic nitrogens is 2. The van der Waals surface area contributed by atoms with Crippen molar-refractivity contribution in [1.29, 1.82) is 0 Å². The van der Waals surface area contributed by atoms with Crippen LogP contribution in [0.3, 0.4) is 0 Å². The molecule has 12 heteroatoms. The predicted octanol–water partition coefficient (Wildman–Crippen LogP) is 4.98. The second-order valence-electron chi connectivity index (χ2n) is 8.72. The van der Waals surface area contributed by atoms with Crippen LogP contribution in [0.25, 0.3) is 0 Å². The van der Waals surface area contributed by atoms with Crippen LogP contribution in [-0.2, 0) is 23.4 Å². The predicted molar refractivity (Wildman–Crippen MR) is 121 cm³/mol. The van der Waals surface area contributed by atoms with E-state index < -0.39 is 34.7 Å². The lowest BCUT2D eigenvalue weighted by Crippen LogP contribution is -2.48. The largest absolute Gasteiger partial charge is 0.457 e. The van der Waals surface area contributed by atoms with Crippen LogP contribution in [0.4, 0.5) is 22.0 Å². The number of carbonyl (C=O) groups excluding carboxylic acids is 2. The average molecular weight is 520 g/mol. The van der Waals surface area contributed by atoms with Crippen molar-refractivity contribution >= 4 is 11.8 Å². The summed E-state index contributed by atoms with van der Waals surface area (Å²) in [5, 5.41) is 5.44. The van der Waals surface area contributed by atoms with Gasteiger partial charge in [0, 0.05) is 31.4 Å². The Morgan fingerprint density at radius 1 is 0.946 bits per heavy atom. The summed E-state index contributed by atoms with van der Waals surface area (Å²) in [6.45, 7) is 0.615. The number of amides is 2. The Morgan fingerprint density at radius 3 is 2.14 bits per heavy atom. The number of halogens is 5. The van der Waals surface area contributed by atoms with Crippen LogP contribution in [0, 0.1) is 0 Å². The molecule has 0 radical (unpaired) electrons. The molecular formula is C25H21F5N4O3. The first-order valence-electron chi connectivity index (χ1n) is 11.1. The van der Waals surface area contributed by atoms with Crippen molar-refractivity contribution in [3.8, 4) is 11.5 Å². The third kappa shape index (κ3) is 6.38. The first-order chi connectivity index (χ1) is 17.4. The molecule has 3 aromatic rings. The van der Waals surface area contributed by atoms with Gasteiger partial charge in [0.1, 0.15) is 23.4 Å². The van der Waals surface area contributed by atoms with Crippen LogP contribution in [0.2, 0.25) is 0 Å². The Bertz CT molecular complexity index is 1260. The highest BCUT2D eigenvalue weighted by Gasteiger charge is 2.51. The SMILES string of the molecule is CC(F)(F)c1cc(Oc2ccc(CNC(=O)C3(NC(=O)c4cncnc4)CC3)cc2)cc(C(F)(F)F)c1. The van der Waals surface area contributed by atoms with E-state index in [1.807, 2.05) is 0 Å². The molecule has 0 saturated heterocycles. The van der Waals surface area contributed by atoms with Crippen molar-refractivity contribution in [3.05, 3.63) is 83.4 Å². The van der Waals surface area contributed by atoms with E-state index in [1.165, 1.54) is 30.9 Å². The number of benzene rings is 2. The van der Waals surface area contributed by atoms with Gasteiger partial charge in [0.25, 0.3) is 11.8 Å². The molecule has 0 aliphatic heterocycles. The number of carbonyl (C=O) groups is 2. The molecular weight excluding hydrogens is 499 g/mol. The Kier molecular flexibility index (Phi) is 6.85. The van der Waals surface area contributed by atoms with E-state index in [-0.39, 0.29) is 29.5 Å². The topological polar surface area (TPSA) is 93.2 Å². The summed E-state index contributed by atoms with van der Waals surface area (Å²) >= 11 is 0. The third-order valence-electron chi connectivity index (χ3n) is 5.71. The summed E-state index contributed by atoms with van der Waals surface area (Å²) in [6, 6.07) is 7.91. The van der Waals surface area contributed by atoms with E-state index in [2.05, 4.69) is 20.6 Å². The van der Waals surface area contributed by atoms with Gasteiger partial charge in [-0.15, -0.1) is 0 Å². The summed E-state index contributed by atoms with van der Waals surface area (Å²) in [5.74, 6) is -4.59. The van der Waals surface area contributed by atoms with Gasteiger partial charge >= 0.3 is 6.18 Å². The molecule has 1 aliphatic carbocycles. The summed E-state index contributed by atoms with van der Waals surface area (Å²) < 4.78 is 72.3. The zero-order valence-electron chi connectivity index (χ0n) is 19.4. The smallest absolute Gasteiger partial charge is 0.416 e. The quantitative estimate of drug-likeness (QED) is 0.409. The molecule has 194 valence electrons. The summed E-state index contributed by atoms with van der Waals surface area (Å²) in [4.78, 5) is 32.5. The number of ether oxygens (including phenoxy) is 1. The molecule has 37 heavy (non-hydrogen) atoms. The molecule has 2 N–H and O–H groups in total. The standard InChI is InChI=1S/C25H21F5N4O3/c1-23(26,27)17-8-18(25(28,29)30)10-20(9-17)37-19-4-2-15(3-5-19)11-33-22(36)24(6-7-24)34-21(35)16-12-31-14-32-13-16/h2-5,8-10,12-14H,6-7,11H2,1H3,(H,33,36)(H,34,35). The van der Waals surface area contributed by atoms with Crippen LogP contribution in [0.1, 0.15) is 46.8 Å². The number of alkyl halides is 5. The monoisotopic (exact) mass is 520 g/mol. The van der Waals surface area contributed by atoms with E-state index in [1.54, 1.807) is 12.1 Å². The van der Waals surface area contributed by atoms with E-state index >= 15 is 0 Å². The van der Waals surface area contributed by atoms with Crippen molar-refractivity contribution in [2.75, 3.05) is 0 Å². The number of nitrogens with one attached hydrogen (secondary N) is 2. The van der Waals surface area contributed by atoms with E-state index in [4.69, 9.17) is 4.74 Å². The minimum Gasteiger partial charge on any atom is -0.457 e. The second-order valence-corrected chi connectivity index (χ2v) is 8.72. The molecule has 7 nitrogen and oxygen atoms in total. The molecule has 1 heterocycles. The van der Waals surface area contributed by atoms with Crippen LogP contribution in [0.5, 0.6) is 11.5 Å². The number of nitrogens with zero attached hydrogens (tertiary/aromatic N) is 2. The Labute approximate surface area is 208 Å². The van der Waals surface area contributed by atoms with Crippen molar-refractivity contribution in [2.45, 2.75) is 43.9 Å². The molecule has 0 bridgehead atoms. The number of rotatable bonds is 8. The first kappa shape index (κ1) is 26.0. The molecule has 4 rings (SSSR count). The number of hydrogen-bond acceptors (Lipinski definition) is 5. The maximum absolute atomic E-state index is 13.7. The maximum atomic E-state index is 13.7. The normalized spacial score (nSPS) is 14.5. The Hall–Kier alpha value is -4.09. The highest BCUT2D eigenvalue weighted by Crippen LogP contribution is 2.39. The first-order valence-corrected chi connectivity index (χ1v) is 11.1. The van der Waals surface area contributed by atoms with Crippen molar-refractivity contribution in [3.63, 3.8) is 0 Å². The minimum atomic E-state index is -4.82. The van der Waals surface area contributed by atoms with Crippen LogP contribution < -0.4 is 15.4 Å². The molecule has 2 aromatic carbocycles. The Balaban J connectivity index is 1.38. The molecule has 1 saturated carbocycles. The van der Waals surface area contributed by atoms with E-state index in [0.29, 0.717) is 37.5 Å². The van der Waals surface area contributed by atoms with Crippen LogP contribution in [0.15, 0.2) is 61.2 Å². The fourth-order valence-corrected chi connectivity index (χ4v) is 3.48. The fraction of sp³-hybridized carbons (Fsp3) is 0.280. The fourth-order valence-electron chi connectivity index (χ4n) is 3.48. The molecule has 0 unspecified atom stereocenters. The van der Waals surface area contributed by atoms with E-state index in [0.717, 1.165) is 6.07 Å². The lowest BCUT2D eigenvalue weighted by Gasteiger charge is -2.17. The second kappa shape index (κ2) is 9.75. The summed E-state index contributed by atoms with van der Waals surface area (Å²) in [6.07, 6.45) is 0.0887. The molecule has 2 amide bonds. The van der Waals surface area contributed by atoms with Gasteiger partial charge < -0.3 is 15.4 Å². The van der Waals surface area contributed by atoms with E-state index in [9.17, 15) is 31.5 Å². The average Bonchev–Trinajstić information content (AvgIpc) is 3.63. The van der Waals surface area contributed by atoms with Crippen molar-refractivity contribution in [2.24, 2.45) is 0 Å². The summed E-state index contributed by atoms with van der Waals surface area (Å²) in [7, 11) is 0. The van der Waals surface area contributed by atoms with Crippen LogP contribution >= 0.6 is 0 Å². The zero-order valence-corrected chi connectivity index (χ0v) is 19.4. The summed E-state index contributed by atoms with van der Waals surface area (Å²) in [5.41, 5.74) is -2.21. The Morgan fingerprint density at radius 2 is 1.57 bits per heavy atom. The highest BCUT2D eigenvalue weighted by atomic mass is 19.4. The van der Waals surface area contributed by atoms with Gasteiger partial charge in [0.15, 0.2) is 0 Å². The van der Waals surface area contributed by atoms with Crippen molar-refractivity contribution < 1.29 is 36.3 Å². The van der Waals surface area contributed by atoms with Gasteiger partial charge in [-0.3, -0.25) is 9.59 Å². The van der Waals surface area contributed by atoms with Gasteiger partial charge in [-0.05, 0) is 48.7 Å². The zero-order chi connectivity index (χ0) is 26.8. The lowest BCUT2D eigenvalue weighted by molar-refractivity contribution is -0.137. The molecule has 1 fully saturated rings. The molecule has 1 aliphatic rings. The minimum absolute atomic E-state index is 0.112.